The number of fused-ring (bicyclic) bond motifs is 3. The van der Waals surface area contributed by atoms with Gasteiger partial charge in [0.1, 0.15) is 4.90 Å². The van der Waals surface area contributed by atoms with Crippen LogP contribution in [0.3, 0.4) is 0 Å². The molecule has 21 heavy (non-hydrogen) atoms. The Morgan fingerprint density at radius 2 is 1.71 bits per heavy atom. The maximum Gasteiger partial charge on any atom is 0.296 e. The van der Waals surface area contributed by atoms with Crippen molar-refractivity contribution in [2.75, 3.05) is 0 Å². The molecule has 0 fully saturated rings. The topological polar surface area (TPSA) is 71.4 Å². The quantitative estimate of drug-likeness (QED) is 0.591. The Labute approximate surface area is 138 Å². The second-order valence-electron chi connectivity index (χ2n) is 4.75. The van der Waals surface area contributed by atoms with E-state index in [1.54, 1.807) is 31.2 Å². The fraction of sp³-hybridized carbons (Fsp3) is 0.0714. The summed E-state index contributed by atoms with van der Waals surface area (Å²) >= 11 is 6.45. The zero-order valence-electron chi connectivity index (χ0n) is 10.6. The van der Waals surface area contributed by atoms with Crippen LogP contribution >= 0.6 is 31.9 Å². The van der Waals surface area contributed by atoms with E-state index < -0.39 is 15.9 Å². The normalized spacial score (nSPS) is 13.2. The fourth-order valence-electron chi connectivity index (χ4n) is 2.52. The molecule has 7 heteroatoms. The number of hydrogen-bond acceptors (Lipinski definition) is 3. The van der Waals surface area contributed by atoms with Crippen LogP contribution in [-0.2, 0) is 10.1 Å². The van der Waals surface area contributed by atoms with E-state index >= 15 is 0 Å². The second kappa shape index (κ2) is 4.74. The van der Waals surface area contributed by atoms with Crippen molar-refractivity contribution in [2.24, 2.45) is 0 Å². The van der Waals surface area contributed by atoms with Crippen molar-refractivity contribution < 1.29 is 17.8 Å². The van der Waals surface area contributed by atoms with Gasteiger partial charge in [-0.05, 0) is 57.7 Å². The minimum Gasteiger partial charge on any atom is -0.289 e. The van der Waals surface area contributed by atoms with Crippen LogP contribution in [0.15, 0.2) is 38.1 Å². The predicted octanol–water partition coefficient (Wildman–Crippen LogP) is 3.98. The van der Waals surface area contributed by atoms with Crippen molar-refractivity contribution in [2.45, 2.75) is 11.8 Å². The highest BCUT2D eigenvalue weighted by Gasteiger charge is 2.35. The van der Waals surface area contributed by atoms with Gasteiger partial charge in [-0.2, -0.15) is 8.42 Å². The van der Waals surface area contributed by atoms with Crippen molar-refractivity contribution in [3.8, 4) is 11.1 Å². The highest BCUT2D eigenvalue weighted by molar-refractivity contribution is 9.10. The van der Waals surface area contributed by atoms with Crippen LogP contribution in [0.25, 0.3) is 11.1 Å². The van der Waals surface area contributed by atoms with E-state index in [4.69, 9.17) is 0 Å². The first-order chi connectivity index (χ1) is 9.71. The van der Waals surface area contributed by atoms with Gasteiger partial charge < -0.3 is 0 Å². The van der Waals surface area contributed by atoms with E-state index in [-0.39, 0.29) is 14.9 Å². The molecular weight excluding hydrogens is 424 g/mol. The SMILES string of the molecule is Cc1cc2c(c(S(=O)(=O)O)c1Br)C(=O)c1cc(Br)ccc1-2. The van der Waals surface area contributed by atoms with Crippen molar-refractivity contribution in [1.29, 1.82) is 0 Å². The summed E-state index contributed by atoms with van der Waals surface area (Å²) in [7, 11) is -4.52. The molecule has 0 amide bonds. The first kappa shape index (κ1) is 14.9. The second-order valence-corrected chi connectivity index (χ2v) is 7.82. The molecule has 108 valence electrons. The molecular formula is C14H8Br2O4S. The molecule has 0 saturated heterocycles. The molecule has 0 saturated carbocycles. The van der Waals surface area contributed by atoms with Crippen LogP contribution in [0.2, 0.25) is 0 Å². The van der Waals surface area contributed by atoms with E-state index in [9.17, 15) is 17.8 Å². The molecule has 0 heterocycles. The predicted molar refractivity (Wildman–Crippen MR) is 85.3 cm³/mol. The van der Waals surface area contributed by atoms with Crippen LogP contribution in [0.1, 0.15) is 21.5 Å². The summed E-state index contributed by atoms with van der Waals surface area (Å²) in [6.07, 6.45) is 0. The zero-order valence-corrected chi connectivity index (χ0v) is 14.6. The van der Waals surface area contributed by atoms with E-state index in [1.165, 1.54) is 0 Å². The smallest absolute Gasteiger partial charge is 0.289 e. The van der Waals surface area contributed by atoms with Gasteiger partial charge in [0, 0.05) is 14.5 Å². The van der Waals surface area contributed by atoms with Gasteiger partial charge in [0.2, 0.25) is 0 Å². The Hall–Kier alpha value is -1.02. The number of halogens is 2. The average Bonchev–Trinajstić information content (AvgIpc) is 2.63. The Morgan fingerprint density at radius 3 is 2.33 bits per heavy atom. The summed E-state index contributed by atoms with van der Waals surface area (Å²) in [5.41, 5.74) is 2.25. The van der Waals surface area contributed by atoms with E-state index in [0.29, 0.717) is 22.3 Å². The number of ketones is 1. The van der Waals surface area contributed by atoms with Crippen molar-refractivity contribution in [1.82, 2.24) is 0 Å². The number of aryl methyl sites for hydroxylation is 1. The lowest BCUT2D eigenvalue weighted by atomic mass is 10.0. The Kier molecular flexibility index (Phi) is 3.36. The summed E-state index contributed by atoms with van der Waals surface area (Å²) in [4.78, 5) is 12.2. The third kappa shape index (κ3) is 2.19. The summed E-state index contributed by atoms with van der Waals surface area (Å²) in [5.74, 6) is -0.408. The number of carbonyl (C=O) groups excluding carboxylic acids is 1. The summed E-state index contributed by atoms with van der Waals surface area (Å²) < 4.78 is 33.8. The summed E-state index contributed by atoms with van der Waals surface area (Å²) in [6, 6.07) is 6.93. The van der Waals surface area contributed by atoms with Crippen LogP contribution in [0.5, 0.6) is 0 Å². The number of benzene rings is 2. The molecule has 0 bridgehead atoms. The highest BCUT2D eigenvalue weighted by Crippen LogP contribution is 2.44. The molecule has 0 radical (unpaired) electrons. The van der Waals surface area contributed by atoms with Gasteiger partial charge in [0.25, 0.3) is 10.1 Å². The first-order valence-corrected chi connectivity index (χ1v) is 8.89. The lowest BCUT2D eigenvalue weighted by molar-refractivity contribution is 0.104. The molecule has 1 N–H and O–H groups in total. The van der Waals surface area contributed by atoms with Gasteiger partial charge in [-0.25, -0.2) is 0 Å². The van der Waals surface area contributed by atoms with Gasteiger partial charge in [-0.15, -0.1) is 0 Å². The lowest BCUT2D eigenvalue weighted by Crippen LogP contribution is -2.09. The molecule has 4 nitrogen and oxygen atoms in total. The molecule has 0 aromatic heterocycles. The minimum absolute atomic E-state index is 0.0167. The molecule has 0 spiro atoms. The largest absolute Gasteiger partial charge is 0.296 e. The van der Waals surface area contributed by atoms with E-state index in [0.717, 1.165) is 4.47 Å². The van der Waals surface area contributed by atoms with E-state index in [2.05, 4.69) is 31.9 Å². The number of hydrogen-bond donors (Lipinski definition) is 1. The van der Waals surface area contributed by atoms with Crippen LogP contribution in [0.4, 0.5) is 0 Å². The monoisotopic (exact) mass is 430 g/mol. The van der Waals surface area contributed by atoms with Crippen molar-refractivity contribution >= 4 is 47.8 Å². The third-order valence-electron chi connectivity index (χ3n) is 3.40. The molecule has 0 unspecified atom stereocenters. The third-order valence-corrected chi connectivity index (χ3v) is 6.11. The minimum atomic E-state index is -4.52. The molecule has 2 aromatic carbocycles. The fourth-order valence-corrected chi connectivity index (χ4v) is 4.65. The van der Waals surface area contributed by atoms with Gasteiger partial charge in [-0.3, -0.25) is 9.35 Å². The zero-order chi connectivity index (χ0) is 15.5. The molecule has 0 atom stereocenters. The van der Waals surface area contributed by atoms with Crippen LogP contribution in [-0.4, -0.2) is 18.8 Å². The highest BCUT2D eigenvalue weighted by atomic mass is 79.9. The van der Waals surface area contributed by atoms with Gasteiger partial charge >= 0.3 is 0 Å². The number of carbonyl (C=O) groups is 1. The van der Waals surface area contributed by atoms with Gasteiger partial charge in [0.15, 0.2) is 5.78 Å². The van der Waals surface area contributed by atoms with E-state index in [1.807, 2.05) is 0 Å². The lowest BCUT2D eigenvalue weighted by Gasteiger charge is -2.10. The first-order valence-electron chi connectivity index (χ1n) is 5.87. The Bertz CT molecular complexity index is 917. The average molecular weight is 432 g/mol. The maximum atomic E-state index is 12.6. The van der Waals surface area contributed by atoms with Gasteiger partial charge in [-0.1, -0.05) is 22.0 Å². The van der Waals surface area contributed by atoms with Crippen LogP contribution < -0.4 is 0 Å². The molecule has 3 rings (SSSR count). The molecule has 1 aliphatic rings. The van der Waals surface area contributed by atoms with Crippen molar-refractivity contribution in [3.63, 3.8) is 0 Å². The standard InChI is InChI=1S/C14H8Br2O4S/c1-6-4-9-8-3-2-7(15)5-10(8)13(17)11(9)14(12(6)16)21(18,19)20/h2-5H,1H3,(H,18,19,20). The Balaban J connectivity index is 2.49. The number of rotatable bonds is 1. The van der Waals surface area contributed by atoms with Crippen LogP contribution in [0, 0.1) is 6.92 Å². The van der Waals surface area contributed by atoms with Gasteiger partial charge in [0.05, 0.1) is 5.56 Å². The molecule has 0 aliphatic heterocycles. The van der Waals surface area contributed by atoms with Crippen molar-refractivity contribution in [3.05, 3.63) is 49.9 Å². The molecule has 1 aliphatic carbocycles. The summed E-state index contributed by atoms with van der Waals surface area (Å²) in [6.45, 7) is 1.71. The Morgan fingerprint density at radius 1 is 1.05 bits per heavy atom. The molecule has 2 aromatic rings. The maximum absolute atomic E-state index is 12.6. The summed E-state index contributed by atoms with van der Waals surface area (Å²) in [5, 5.41) is 0.